The lowest BCUT2D eigenvalue weighted by atomic mass is 9.92. The molecule has 0 amide bonds. The molecular formula is C17H18BrCl2N. The fraction of sp³-hybridized carbons (Fsp3) is 0.294. The molecule has 0 bridgehead atoms. The van der Waals surface area contributed by atoms with E-state index < -0.39 is 0 Å². The summed E-state index contributed by atoms with van der Waals surface area (Å²) in [6.07, 6.45) is 0.893. The molecule has 0 aliphatic heterocycles. The summed E-state index contributed by atoms with van der Waals surface area (Å²) in [7, 11) is 0. The minimum Gasteiger partial charge on any atom is -0.316 e. The molecule has 0 spiro atoms. The Bertz CT molecular complexity index is 584. The van der Waals surface area contributed by atoms with E-state index in [-0.39, 0.29) is 0 Å². The van der Waals surface area contributed by atoms with Crippen LogP contribution in [0, 0.1) is 0 Å². The Morgan fingerprint density at radius 1 is 1.10 bits per heavy atom. The molecule has 2 rings (SSSR count). The fourth-order valence-electron chi connectivity index (χ4n) is 2.31. The lowest BCUT2D eigenvalue weighted by Gasteiger charge is -2.19. The molecule has 1 atom stereocenters. The summed E-state index contributed by atoms with van der Waals surface area (Å²) in [5.41, 5.74) is 2.44. The molecule has 0 saturated carbocycles. The molecule has 1 N–H and O–H groups in total. The summed E-state index contributed by atoms with van der Waals surface area (Å²) in [4.78, 5) is 0. The highest BCUT2D eigenvalue weighted by Gasteiger charge is 2.14. The van der Waals surface area contributed by atoms with E-state index in [2.05, 4.69) is 52.4 Å². The number of benzene rings is 2. The van der Waals surface area contributed by atoms with Gasteiger partial charge >= 0.3 is 0 Å². The average Bonchev–Trinajstić information content (AvgIpc) is 2.46. The van der Waals surface area contributed by atoms with Gasteiger partial charge in [-0.15, -0.1) is 0 Å². The Kier molecular flexibility index (Phi) is 6.56. The SMILES string of the molecule is CCNCC(Cc1ccc(Cl)cc1Cl)c1ccc(Br)cc1. The van der Waals surface area contributed by atoms with Crippen molar-refractivity contribution in [1.29, 1.82) is 0 Å². The van der Waals surface area contributed by atoms with Crippen molar-refractivity contribution in [3.05, 3.63) is 68.1 Å². The molecule has 0 heterocycles. The molecule has 2 aromatic rings. The van der Waals surface area contributed by atoms with Gasteiger partial charge in [-0.2, -0.15) is 0 Å². The van der Waals surface area contributed by atoms with Gasteiger partial charge in [-0.3, -0.25) is 0 Å². The normalized spacial score (nSPS) is 12.4. The Hall–Kier alpha value is -0.540. The van der Waals surface area contributed by atoms with Crippen LogP contribution in [0.5, 0.6) is 0 Å². The zero-order valence-corrected chi connectivity index (χ0v) is 15.0. The summed E-state index contributed by atoms with van der Waals surface area (Å²) in [6, 6.07) is 14.2. The van der Waals surface area contributed by atoms with Crippen LogP contribution in [0.2, 0.25) is 10.0 Å². The molecule has 1 nitrogen and oxygen atoms in total. The number of halogens is 3. The van der Waals surface area contributed by atoms with Crippen LogP contribution in [0.25, 0.3) is 0 Å². The lowest BCUT2D eigenvalue weighted by Crippen LogP contribution is -2.22. The van der Waals surface area contributed by atoms with Crippen molar-refractivity contribution < 1.29 is 0 Å². The van der Waals surface area contributed by atoms with Gasteiger partial charge in [-0.05, 0) is 48.4 Å². The predicted octanol–water partition coefficient (Wildman–Crippen LogP) is 5.69. The Morgan fingerprint density at radius 3 is 2.43 bits per heavy atom. The van der Waals surface area contributed by atoms with Gasteiger partial charge in [0, 0.05) is 27.0 Å². The monoisotopic (exact) mass is 385 g/mol. The van der Waals surface area contributed by atoms with Crippen LogP contribution in [0.3, 0.4) is 0 Å². The van der Waals surface area contributed by atoms with E-state index in [9.17, 15) is 0 Å². The van der Waals surface area contributed by atoms with E-state index in [0.29, 0.717) is 10.9 Å². The van der Waals surface area contributed by atoms with Crippen LogP contribution in [-0.4, -0.2) is 13.1 Å². The molecule has 0 fully saturated rings. The van der Waals surface area contributed by atoms with Crippen LogP contribution in [0.15, 0.2) is 46.9 Å². The van der Waals surface area contributed by atoms with Gasteiger partial charge in [0.2, 0.25) is 0 Å². The van der Waals surface area contributed by atoms with E-state index in [1.54, 1.807) is 0 Å². The van der Waals surface area contributed by atoms with Crippen molar-refractivity contribution >= 4 is 39.1 Å². The van der Waals surface area contributed by atoms with Gasteiger partial charge in [-0.1, -0.05) is 64.3 Å². The Labute approximate surface area is 144 Å². The number of hydrogen-bond donors (Lipinski definition) is 1. The van der Waals surface area contributed by atoms with E-state index >= 15 is 0 Å². The first kappa shape index (κ1) is 16.8. The maximum atomic E-state index is 6.31. The maximum Gasteiger partial charge on any atom is 0.0453 e. The third-order valence-electron chi connectivity index (χ3n) is 3.46. The van der Waals surface area contributed by atoms with Gasteiger partial charge in [-0.25, -0.2) is 0 Å². The van der Waals surface area contributed by atoms with Crippen molar-refractivity contribution in [3.8, 4) is 0 Å². The van der Waals surface area contributed by atoms with Gasteiger partial charge in [0.05, 0.1) is 0 Å². The highest BCUT2D eigenvalue weighted by molar-refractivity contribution is 9.10. The van der Waals surface area contributed by atoms with Crippen molar-refractivity contribution in [2.45, 2.75) is 19.3 Å². The van der Waals surface area contributed by atoms with Gasteiger partial charge in [0.25, 0.3) is 0 Å². The third-order valence-corrected chi connectivity index (χ3v) is 4.58. The molecule has 112 valence electrons. The highest BCUT2D eigenvalue weighted by Crippen LogP contribution is 2.28. The first-order chi connectivity index (χ1) is 10.1. The van der Waals surface area contributed by atoms with Gasteiger partial charge in [0.1, 0.15) is 0 Å². The number of likely N-dealkylation sites (N-methyl/N-ethyl adjacent to an activating group) is 1. The second-order valence-electron chi connectivity index (χ2n) is 5.00. The Morgan fingerprint density at radius 2 is 1.81 bits per heavy atom. The molecule has 0 aliphatic rings. The molecule has 0 radical (unpaired) electrons. The summed E-state index contributed by atoms with van der Waals surface area (Å²) in [5.74, 6) is 0.386. The van der Waals surface area contributed by atoms with E-state index in [1.165, 1.54) is 5.56 Å². The molecule has 4 heteroatoms. The fourth-order valence-corrected chi connectivity index (χ4v) is 3.06. The van der Waals surface area contributed by atoms with E-state index in [1.807, 2.05) is 18.2 Å². The summed E-state index contributed by atoms with van der Waals surface area (Å²) >= 11 is 15.8. The van der Waals surface area contributed by atoms with E-state index in [0.717, 1.165) is 34.6 Å². The molecule has 0 aliphatic carbocycles. The molecule has 21 heavy (non-hydrogen) atoms. The first-order valence-corrected chi connectivity index (χ1v) is 8.55. The third kappa shape index (κ3) is 5.00. The van der Waals surface area contributed by atoms with Crippen LogP contribution in [-0.2, 0) is 6.42 Å². The summed E-state index contributed by atoms with van der Waals surface area (Å²) in [5, 5.41) is 4.85. The predicted molar refractivity (Wildman–Crippen MR) is 95.6 cm³/mol. The Balaban J connectivity index is 2.21. The maximum absolute atomic E-state index is 6.31. The summed E-state index contributed by atoms with van der Waals surface area (Å²) in [6.45, 7) is 4.01. The largest absolute Gasteiger partial charge is 0.316 e. The second-order valence-corrected chi connectivity index (χ2v) is 6.76. The average molecular weight is 387 g/mol. The number of rotatable bonds is 6. The molecular weight excluding hydrogens is 369 g/mol. The van der Waals surface area contributed by atoms with Gasteiger partial charge in [0.15, 0.2) is 0 Å². The van der Waals surface area contributed by atoms with Crippen LogP contribution < -0.4 is 5.32 Å². The van der Waals surface area contributed by atoms with E-state index in [4.69, 9.17) is 23.2 Å². The molecule has 0 aromatic heterocycles. The van der Waals surface area contributed by atoms with Gasteiger partial charge < -0.3 is 5.32 Å². The smallest absolute Gasteiger partial charge is 0.0453 e. The standard InChI is InChI=1S/C17H18BrCl2N/c1-2-21-11-14(12-3-6-15(18)7-4-12)9-13-5-8-16(19)10-17(13)20/h3-8,10,14,21H,2,9,11H2,1H3. The second kappa shape index (κ2) is 8.19. The number of hydrogen-bond acceptors (Lipinski definition) is 1. The van der Waals surface area contributed by atoms with Crippen molar-refractivity contribution in [1.82, 2.24) is 5.32 Å². The first-order valence-electron chi connectivity index (χ1n) is 7.00. The zero-order chi connectivity index (χ0) is 15.2. The minimum atomic E-state index is 0.386. The summed E-state index contributed by atoms with van der Waals surface area (Å²) < 4.78 is 1.10. The van der Waals surface area contributed by atoms with Crippen molar-refractivity contribution in [3.63, 3.8) is 0 Å². The topological polar surface area (TPSA) is 12.0 Å². The van der Waals surface area contributed by atoms with Crippen molar-refractivity contribution in [2.75, 3.05) is 13.1 Å². The molecule has 0 saturated heterocycles. The highest BCUT2D eigenvalue weighted by atomic mass is 79.9. The molecule has 1 unspecified atom stereocenters. The minimum absolute atomic E-state index is 0.386. The van der Waals surface area contributed by atoms with Crippen LogP contribution >= 0.6 is 39.1 Å². The van der Waals surface area contributed by atoms with Crippen LogP contribution in [0.1, 0.15) is 24.0 Å². The van der Waals surface area contributed by atoms with Crippen LogP contribution in [0.4, 0.5) is 0 Å². The van der Waals surface area contributed by atoms with Crippen molar-refractivity contribution in [2.24, 2.45) is 0 Å². The zero-order valence-electron chi connectivity index (χ0n) is 11.9. The quantitative estimate of drug-likeness (QED) is 0.672. The molecule has 2 aromatic carbocycles. The lowest BCUT2D eigenvalue weighted by molar-refractivity contribution is 0.595. The number of nitrogens with one attached hydrogen (secondary N) is 1.